The Morgan fingerprint density at radius 3 is 1.57 bits per heavy atom. The Balaban J connectivity index is 0.000000757. The number of carbonyl (C=O) groups is 8. The van der Waals surface area contributed by atoms with E-state index in [4.69, 9.17) is 5.11 Å². The van der Waals surface area contributed by atoms with Crippen LogP contribution in [-0.2, 0) is 52.7 Å². The van der Waals surface area contributed by atoms with Gasteiger partial charge in [0, 0.05) is 32.1 Å². The van der Waals surface area contributed by atoms with Gasteiger partial charge < -0.3 is 30.1 Å². The van der Waals surface area contributed by atoms with Crippen molar-refractivity contribution in [1.82, 2.24) is 15.7 Å². The quantitative estimate of drug-likeness (QED) is 0.200. The number of nitrogens with zero attached hydrogens (tertiary/aromatic N) is 1. The molecule has 1 fully saturated rings. The van der Waals surface area contributed by atoms with Crippen LogP contribution in [0.5, 0.6) is 0 Å². The van der Waals surface area contributed by atoms with Crippen molar-refractivity contribution in [3.8, 4) is 0 Å². The van der Waals surface area contributed by atoms with Gasteiger partial charge in [-0.05, 0) is 12.8 Å². The third-order valence-corrected chi connectivity index (χ3v) is 4.77. The van der Waals surface area contributed by atoms with Crippen LogP contribution < -0.4 is 10.6 Å². The number of rotatable bonds is 13. The van der Waals surface area contributed by atoms with Crippen LogP contribution in [0, 0.1) is 0 Å². The van der Waals surface area contributed by atoms with Crippen molar-refractivity contribution in [1.29, 1.82) is 0 Å². The summed E-state index contributed by atoms with van der Waals surface area (Å²) in [6, 6.07) is -1.87. The van der Waals surface area contributed by atoms with Crippen LogP contribution in [0.25, 0.3) is 0 Å². The topological polar surface area (TPSA) is 212 Å². The summed E-state index contributed by atoms with van der Waals surface area (Å²) in [5, 5.41) is 13.7. The van der Waals surface area contributed by atoms with Crippen molar-refractivity contribution >= 4 is 47.5 Å². The van der Waals surface area contributed by atoms with Crippen LogP contribution >= 0.6 is 0 Å². The lowest BCUT2D eigenvalue weighted by atomic mass is 10.1. The Morgan fingerprint density at radius 1 is 0.811 bits per heavy atom. The first-order chi connectivity index (χ1) is 17.4. The Kier molecular flexibility index (Phi) is 15.5. The summed E-state index contributed by atoms with van der Waals surface area (Å²) in [6.07, 6.45) is -0.0615. The maximum Gasteiger partial charge on any atom is 0.333 e. The van der Waals surface area contributed by atoms with Crippen molar-refractivity contribution in [2.45, 2.75) is 77.3 Å². The highest BCUT2D eigenvalue weighted by Gasteiger charge is 2.33. The molecule has 1 heterocycles. The summed E-state index contributed by atoms with van der Waals surface area (Å²) < 4.78 is 8.98. The van der Waals surface area contributed by atoms with Gasteiger partial charge in [0.05, 0.1) is 20.6 Å². The number of aliphatic carboxylic acids is 1. The fraction of sp³-hybridized carbons (Fsp3) is 0.636. The molecular formula is C22H33N3O12. The van der Waals surface area contributed by atoms with Crippen LogP contribution in [0.4, 0.5) is 0 Å². The van der Waals surface area contributed by atoms with E-state index in [0.717, 1.165) is 7.11 Å². The van der Waals surface area contributed by atoms with E-state index in [1.165, 1.54) is 7.11 Å². The molecule has 0 aliphatic carbocycles. The molecule has 0 spiro atoms. The summed E-state index contributed by atoms with van der Waals surface area (Å²) in [6.45, 7) is 3.25. The van der Waals surface area contributed by atoms with E-state index in [1.807, 2.05) is 0 Å². The number of amides is 4. The van der Waals surface area contributed by atoms with Gasteiger partial charge in [-0.15, -0.1) is 5.06 Å². The number of imide groups is 1. The highest BCUT2D eigenvalue weighted by Crippen LogP contribution is 2.13. The summed E-state index contributed by atoms with van der Waals surface area (Å²) in [4.78, 5) is 94.2. The van der Waals surface area contributed by atoms with Crippen LogP contribution in [0.15, 0.2) is 0 Å². The molecule has 0 radical (unpaired) electrons. The number of esters is 2. The zero-order valence-corrected chi connectivity index (χ0v) is 21.2. The third kappa shape index (κ3) is 13.0. The van der Waals surface area contributed by atoms with Gasteiger partial charge in [-0.25, -0.2) is 14.4 Å². The average Bonchev–Trinajstić information content (AvgIpc) is 3.19. The van der Waals surface area contributed by atoms with E-state index < -0.39 is 47.8 Å². The van der Waals surface area contributed by atoms with Crippen LogP contribution in [0.1, 0.15) is 65.2 Å². The normalized spacial score (nSPS) is 13.9. The van der Waals surface area contributed by atoms with E-state index in [9.17, 15) is 38.4 Å². The first-order valence-electron chi connectivity index (χ1n) is 11.4. The number of ether oxygens (including phenoxy) is 2. The molecule has 0 saturated carbocycles. The standard InChI is InChI=1S/C13H18N2O7.C9H15NO5/c1-3-9(16)14-8(13(20)21-2)4-7-12(19)22-15-10(17)5-6-11(15)18;1-3-7(11)10-6(9(14)15-2)4-5-8(12)13/h8H,3-7H2,1-2H3,(H,14,16);6H,3-5H2,1-2H3,(H,10,11)(H,12,13)/t8-;6-/m00/s1. The minimum Gasteiger partial charge on any atom is -0.481 e. The lowest BCUT2D eigenvalue weighted by molar-refractivity contribution is -0.197. The zero-order valence-electron chi connectivity index (χ0n) is 21.2. The highest BCUT2D eigenvalue weighted by molar-refractivity contribution is 6.01. The SMILES string of the molecule is CCC(=O)N[C@@H](CCC(=O)O)C(=O)OC.CCC(=O)N[C@@H](CCC(=O)ON1C(=O)CCC1=O)C(=O)OC. The van der Waals surface area contributed by atoms with Gasteiger partial charge in [0.2, 0.25) is 11.8 Å². The van der Waals surface area contributed by atoms with Crippen molar-refractivity contribution < 1.29 is 57.8 Å². The fourth-order valence-electron chi connectivity index (χ4n) is 2.71. The first-order valence-corrected chi connectivity index (χ1v) is 11.4. The molecule has 1 saturated heterocycles. The number of carboxylic acid groups (broad SMARTS) is 1. The summed E-state index contributed by atoms with van der Waals surface area (Å²) in [5.74, 6) is -5.02. The number of hydrogen-bond acceptors (Lipinski definition) is 11. The lowest BCUT2D eigenvalue weighted by Gasteiger charge is -2.16. The number of carboxylic acids is 1. The zero-order chi connectivity index (χ0) is 28.5. The van der Waals surface area contributed by atoms with E-state index in [0.29, 0.717) is 5.06 Å². The lowest BCUT2D eigenvalue weighted by Crippen LogP contribution is -2.42. The van der Waals surface area contributed by atoms with E-state index in [2.05, 4.69) is 24.9 Å². The van der Waals surface area contributed by atoms with Gasteiger partial charge in [0.1, 0.15) is 12.1 Å². The average molecular weight is 532 g/mol. The Labute approximate surface area is 213 Å². The highest BCUT2D eigenvalue weighted by atomic mass is 16.7. The number of carbonyl (C=O) groups excluding carboxylic acids is 7. The van der Waals surface area contributed by atoms with Crippen molar-refractivity contribution in [3.05, 3.63) is 0 Å². The Hall–Kier alpha value is -4.04. The number of methoxy groups -OCH3 is 2. The van der Waals surface area contributed by atoms with Crippen LogP contribution in [0.3, 0.4) is 0 Å². The first kappa shape index (κ1) is 33.0. The summed E-state index contributed by atoms with van der Waals surface area (Å²) >= 11 is 0. The number of nitrogens with one attached hydrogen (secondary N) is 2. The van der Waals surface area contributed by atoms with E-state index in [1.54, 1.807) is 13.8 Å². The molecule has 208 valence electrons. The predicted molar refractivity (Wildman–Crippen MR) is 122 cm³/mol. The van der Waals surface area contributed by atoms with Gasteiger partial charge >= 0.3 is 23.9 Å². The molecule has 0 aromatic heterocycles. The second kappa shape index (κ2) is 17.4. The van der Waals surface area contributed by atoms with Crippen LogP contribution in [0.2, 0.25) is 0 Å². The van der Waals surface area contributed by atoms with Gasteiger partial charge in [0.25, 0.3) is 11.8 Å². The van der Waals surface area contributed by atoms with Gasteiger partial charge in [-0.1, -0.05) is 13.8 Å². The number of hydroxylamine groups is 2. The molecule has 0 aromatic rings. The van der Waals surface area contributed by atoms with Crippen LogP contribution in [-0.4, -0.2) is 84.0 Å². The Bertz CT molecular complexity index is 857. The second-order valence-corrected chi connectivity index (χ2v) is 7.51. The maximum absolute atomic E-state index is 11.6. The molecule has 4 amide bonds. The molecule has 1 rings (SSSR count). The van der Waals surface area contributed by atoms with Crippen molar-refractivity contribution in [2.24, 2.45) is 0 Å². The van der Waals surface area contributed by atoms with Gasteiger partial charge in [0.15, 0.2) is 0 Å². The van der Waals surface area contributed by atoms with E-state index in [-0.39, 0.29) is 63.2 Å². The fourth-order valence-corrected chi connectivity index (χ4v) is 2.71. The molecule has 15 nitrogen and oxygen atoms in total. The molecule has 37 heavy (non-hydrogen) atoms. The van der Waals surface area contributed by atoms with Gasteiger partial charge in [-0.2, -0.15) is 0 Å². The third-order valence-electron chi connectivity index (χ3n) is 4.77. The summed E-state index contributed by atoms with van der Waals surface area (Å²) in [5.41, 5.74) is 0. The molecule has 2 atom stereocenters. The maximum atomic E-state index is 11.6. The van der Waals surface area contributed by atoms with E-state index >= 15 is 0 Å². The molecule has 15 heteroatoms. The Morgan fingerprint density at radius 2 is 1.22 bits per heavy atom. The molecule has 1 aliphatic rings. The molecule has 0 aromatic carbocycles. The van der Waals surface area contributed by atoms with Crippen molar-refractivity contribution in [3.63, 3.8) is 0 Å². The summed E-state index contributed by atoms with van der Waals surface area (Å²) in [7, 11) is 2.35. The minimum absolute atomic E-state index is 0.00343. The monoisotopic (exact) mass is 531 g/mol. The minimum atomic E-state index is -1.02. The molecule has 3 N–H and O–H groups in total. The smallest absolute Gasteiger partial charge is 0.333 e. The molecule has 1 aliphatic heterocycles. The predicted octanol–water partition coefficient (Wildman–Crippen LogP) is -0.639. The second-order valence-electron chi connectivity index (χ2n) is 7.51. The van der Waals surface area contributed by atoms with Gasteiger partial charge in [-0.3, -0.25) is 24.0 Å². The molecule has 0 bridgehead atoms. The van der Waals surface area contributed by atoms with Crippen molar-refractivity contribution in [2.75, 3.05) is 14.2 Å². The molecule has 0 unspecified atom stereocenters. The number of hydrogen-bond donors (Lipinski definition) is 3. The molecular weight excluding hydrogens is 498 g/mol. The largest absolute Gasteiger partial charge is 0.481 e.